The summed E-state index contributed by atoms with van der Waals surface area (Å²) in [5, 5.41) is 7.35. The highest BCUT2D eigenvalue weighted by Crippen LogP contribution is 2.34. The first-order chi connectivity index (χ1) is 9.59. The molecular weight excluding hydrogens is 278 g/mol. The lowest BCUT2D eigenvalue weighted by atomic mass is 9.84. The van der Waals surface area contributed by atoms with Gasteiger partial charge in [0.2, 0.25) is 5.89 Å². The number of nitrogens with one attached hydrogen (secondary N) is 1. The Hall–Kier alpha value is -0.950. The summed E-state index contributed by atoms with van der Waals surface area (Å²) in [4.78, 5) is 4.50. The van der Waals surface area contributed by atoms with Gasteiger partial charge in [-0.1, -0.05) is 18.0 Å². The van der Waals surface area contributed by atoms with Crippen molar-refractivity contribution in [3.05, 3.63) is 11.7 Å². The second kappa shape index (κ2) is 5.44. The molecule has 1 aromatic heterocycles. The summed E-state index contributed by atoms with van der Waals surface area (Å²) < 4.78 is 28.5. The summed E-state index contributed by atoms with van der Waals surface area (Å²) in [7, 11) is -0.947. The zero-order valence-corrected chi connectivity index (χ0v) is 12.5. The van der Waals surface area contributed by atoms with Gasteiger partial charge in [-0.05, 0) is 26.3 Å². The molecule has 3 unspecified atom stereocenters. The number of hydrogen-bond donors (Lipinski definition) is 1. The third-order valence-electron chi connectivity index (χ3n) is 4.51. The third kappa shape index (κ3) is 2.74. The molecule has 3 rings (SSSR count). The maximum absolute atomic E-state index is 11.5. The maximum Gasteiger partial charge on any atom is 0.231 e. The van der Waals surface area contributed by atoms with Crippen LogP contribution in [0.15, 0.2) is 4.52 Å². The Morgan fingerprint density at radius 3 is 2.75 bits per heavy atom. The predicted octanol–water partition coefficient (Wildman–Crippen LogP) is 1.22. The van der Waals surface area contributed by atoms with Gasteiger partial charge in [0.05, 0.1) is 17.4 Å². The van der Waals surface area contributed by atoms with Crippen molar-refractivity contribution in [2.45, 2.75) is 50.0 Å². The minimum Gasteiger partial charge on any atom is -0.339 e. The minimum absolute atomic E-state index is 0.0888. The quantitative estimate of drug-likeness (QED) is 0.903. The molecule has 1 saturated heterocycles. The number of hydrogen-bond acceptors (Lipinski definition) is 6. The summed E-state index contributed by atoms with van der Waals surface area (Å²) in [6, 6.07) is 0.379. The van der Waals surface area contributed by atoms with Gasteiger partial charge in [-0.2, -0.15) is 4.98 Å². The molecule has 0 amide bonds. The van der Waals surface area contributed by atoms with Crippen molar-refractivity contribution in [1.82, 2.24) is 15.5 Å². The first-order valence-electron chi connectivity index (χ1n) is 7.30. The number of rotatable bonds is 3. The Morgan fingerprint density at radius 2 is 2.05 bits per heavy atom. The first-order valence-corrected chi connectivity index (χ1v) is 9.12. The van der Waals surface area contributed by atoms with Crippen molar-refractivity contribution in [3.8, 4) is 0 Å². The monoisotopic (exact) mass is 299 g/mol. The van der Waals surface area contributed by atoms with Gasteiger partial charge >= 0.3 is 0 Å². The van der Waals surface area contributed by atoms with Crippen LogP contribution in [0.4, 0.5) is 0 Å². The highest BCUT2D eigenvalue weighted by atomic mass is 32.2. The van der Waals surface area contributed by atoms with Crippen LogP contribution in [-0.4, -0.2) is 43.2 Å². The fourth-order valence-electron chi connectivity index (χ4n) is 3.33. The normalized spacial score (nSPS) is 33.4. The van der Waals surface area contributed by atoms with E-state index in [2.05, 4.69) is 15.5 Å². The average molecular weight is 299 g/mol. The van der Waals surface area contributed by atoms with E-state index in [4.69, 9.17) is 4.52 Å². The fraction of sp³-hybridized carbons (Fsp3) is 0.846. The van der Waals surface area contributed by atoms with Gasteiger partial charge in [0.15, 0.2) is 15.7 Å². The van der Waals surface area contributed by atoms with Crippen LogP contribution in [-0.2, 0) is 9.84 Å². The van der Waals surface area contributed by atoms with Crippen LogP contribution in [0.5, 0.6) is 0 Å². The Labute approximate surface area is 119 Å². The second-order valence-electron chi connectivity index (χ2n) is 5.88. The standard InChI is InChI=1S/C13H21N3O3S/c1-14-11-5-3-2-4-10(11)13-15-12(16-19-13)9-6-7-20(17,18)8-9/h9-11,14H,2-8H2,1H3. The molecule has 0 bridgehead atoms. The van der Waals surface area contributed by atoms with Crippen molar-refractivity contribution in [2.24, 2.45) is 0 Å². The molecule has 20 heavy (non-hydrogen) atoms. The van der Waals surface area contributed by atoms with Gasteiger partial charge in [0.25, 0.3) is 0 Å². The molecule has 2 fully saturated rings. The number of sulfone groups is 1. The average Bonchev–Trinajstić information content (AvgIpc) is 3.05. The molecule has 112 valence electrons. The topological polar surface area (TPSA) is 85.1 Å². The summed E-state index contributed by atoms with van der Waals surface area (Å²) >= 11 is 0. The van der Waals surface area contributed by atoms with Gasteiger partial charge in [0.1, 0.15) is 0 Å². The number of aromatic nitrogens is 2. The van der Waals surface area contributed by atoms with E-state index in [1.165, 1.54) is 12.8 Å². The van der Waals surface area contributed by atoms with Gasteiger partial charge in [0, 0.05) is 12.0 Å². The summed E-state index contributed by atoms with van der Waals surface area (Å²) in [6.45, 7) is 0. The van der Waals surface area contributed by atoms with Crippen LogP contribution in [0.3, 0.4) is 0 Å². The highest BCUT2D eigenvalue weighted by molar-refractivity contribution is 7.91. The molecule has 3 atom stereocenters. The van der Waals surface area contributed by atoms with Crippen LogP contribution in [0.2, 0.25) is 0 Å². The van der Waals surface area contributed by atoms with E-state index in [9.17, 15) is 8.42 Å². The molecule has 1 aliphatic carbocycles. The van der Waals surface area contributed by atoms with Crippen LogP contribution >= 0.6 is 0 Å². The van der Waals surface area contributed by atoms with Gasteiger partial charge in [-0.3, -0.25) is 0 Å². The molecule has 1 saturated carbocycles. The maximum atomic E-state index is 11.5. The Kier molecular flexibility index (Phi) is 3.81. The van der Waals surface area contributed by atoms with Crippen molar-refractivity contribution in [1.29, 1.82) is 0 Å². The van der Waals surface area contributed by atoms with Gasteiger partial charge in [-0.15, -0.1) is 0 Å². The molecule has 7 heteroatoms. The summed E-state index contributed by atoms with van der Waals surface area (Å²) in [5.74, 6) is 1.81. The van der Waals surface area contributed by atoms with Crippen LogP contribution in [0, 0.1) is 0 Å². The lowest BCUT2D eigenvalue weighted by molar-refractivity contribution is 0.269. The fourth-order valence-corrected chi connectivity index (χ4v) is 5.07. The van der Waals surface area contributed by atoms with Crippen molar-refractivity contribution in [2.75, 3.05) is 18.6 Å². The van der Waals surface area contributed by atoms with E-state index in [0.717, 1.165) is 12.8 Å². The predicted molar refractivity (Wildman–Crippen MR) is 74.4 cm³/mol. The zero-order valence-electron chi connectivity index (χ0n) is 11.7. The van der Waals surface area contributed by atoms with Gasteiger partial charge in [-0.25, -0.2) is 8.42 Å². The third-order valence-corrected chi connectivity index (χ3v) is 6.28. The molecule has 0 aromatic carbocycles. The molecule has 2 heterocycles. The lowest BCUT2D eigenvalue weighted by Crippen LogP contribution is -2.34. The smallest absolute Gasteiger partial charge is 0.231 e. The van der Waals surface area contributed by atoms with E-state index in [1.54, 1.807) is 0 Å². The van der Waals surface area contributed by atoms with Crippen molar-refractivity contribution < 1.29 is 12.9 Å². The molecule has 2 aliphatic rings. The SMILES string of the molecule is CNC1CCCCC1c1nc(C2CCS(=O)(=O)C2)no1. The molecule has 0 spiro atoms. The molecule has 0 radical (unpaired) electrons. The highest BCUT2D eigenvalue weighted by Gasteiger charge is 2.34. The van der Waals surface area contributed by atoms with E-state index >= 15 is 0 Å². The van der Waals surface area contributed by atoms with E-state index in [0.29, 0.717) is 24.2 Å². The van der Waals surface area contributed by atoms with Gasteiger partial charge < -0.3 is 9.84 Å². The zero-order chi connectivity index (χ0) is 14.2. The second-order valence-corrected chi connectivity index (χ2v) is 8.11. The molecule has 1 aromatic rings. The molecular formula is C13H21N3O3S. The molecule has 1 aliphatic heterocycles. The Bertz CT molecular complexity index is 569. The molecule has 1 N–H and O–H groups in total. The summed E-state index contributed by atoms with van der Waals surface area (Å²) in [5.41, 5.74) is 0. The van der Waals surface area contributed by atoms with E-state index < -0.39 is 9.84 Å². The largest absolute Gasteiger partial charge is 0.339 e. The lowest BCUT2D eigenvalue weighted by Gasteiger charge is -2.28. The number of likely N-dealkylation sites (N-methyl/N-ethyl adjacent to an activating group) is 1. The Morgan fingerprint density at radius 1 is 1.25 bits per heavy atom. The minimum atomic E-state index is -2.91. The van der Waals surface area contributed by atoms with E-state index in [1.807, 2.05) is 7.05 Å². The Balaban J connectivity index is 1.76. The van der Waals surface area contributed by atoms with Crippen LogP contribution in [0.1, 0.15) is 55.7 Å². The van der Waals surface area contributed by atoms with Crippen molar-refractivity contribution in [3.63, 3.8) is 0 Å². The van der Waals surface area contributed by atoms with E-state index in [-0.39, 0.29) is 23.3 Å². The summed E-state index contributed by atoms with van der Waals surface area (Å²) in [6.07, 6.45) is 5.19. The first kappa shape index (κ1) is 14.0. The van der Waals surface area contributed by atoms with Crippen LogP contribution < -0.4 is 5.32 Å². The molecule has 6 nitrogen and oxygen atoms in total. The van der Waals surface area contributed by atoms with Crippen LogP contribution in [0.25, 0.3) is 0 Å². The van der Waals surface area contributed by atoms with Crippen molar-refractivity contribution >= 4 is 9.84 Å². The number of nitrogens with zero attached hydrogens (tertiary/aromatic N) is 2.